The molecular weight excluding hydrogens is 562 g/mol. The van der Waals surface area contributed by atoms with Gasteiger partial charge >= 0.3 is 0 Å². The maximum absolute atomic E-state index is 12.8. The van der Waals surface area contributed by atoms with E-state index in [2.05, 4.69) is 38.2 Å². The number of amides is 1. The minimum atomic E-state index is -3.76. The smallest absolute Gasteiger partial charge is 0.261 e. The highest BCUT2D eigenvalue weighted by Gasteiger charge is 2.16. The van der Waals surface area contributed by atoms with Gasteiger partial charge in [0.2, 0.25) is 0 Å². The third-order valence-electron chi connectivity index (χ3n) is 5.23. The molecule has 3 N–H and O–H groups in total. The molecule has 0 saturated carbocycles. The van der Waals surface area contributed by atoms with Crippen LogP contribution >= 0.6 is 28.1 Å². The quantitative estimate of drug-likeness (QED) is 0.204. The fraction of sp³-hybridized carbons (Fsp3) is 0.231. The largest absolute Gasteiger partial charge is 0.492 e. The summed E-state index contributed by atoms with van der Waals surface area (Å²) in [7, 11) is -3.76. The van der Waals surface area contributed by atoms with Crippen LogP contribution in [0.2, 0.25) is 0 Å². The van der Waals surface area contributed by atoms with Crippen molar-refractivity contribution in [3.8, 4) is 5.75 Å². The second-order valence-electron chi connectivity index (χ2n) is 8.20. The Hall–Kier alpha value is -2.95. The summed E-state index contributed by atoms with van der Waals surface area (Å²) in [5, 5.41) is 5.60. The molecule has 0 aliphatic carbocycles. The van der Waals surface area contributed by atoms with Crippen molar-refractivity contribution < 1.29 is 17.9 Å². The Balaban J connectivity index is 1.59. The number of unbranched alkanes of at least 4 members (excludes halogenated alkanes) is 1. The zero-order valence-electron chi connectivity index (χ0n) is 20.2. The summed E-state index contributed by atoms with van der Waals surface area (Å²) in [6.45, 7) is 6.49. The number of halogens is 1. The zero-order valence-corrected chi connectivity index (χ0v) is 23.4. The standard InChI is InChI=1S/C26H28BrN3O4S2/c1-4-5-14-34-24-13-7-19(16-22(24)27)25(31)29-26(35)28-20-8-10-21(11-9-20)36(32,33)30-23-12-6-17(2)15-18(23)3/h6-13,15-16,30H,4-5,14H2,1-3H3,(H2,28,29,31,35). The second kappa shape index (κ2) is 12.3. The van der Waals surface area contributed by atoms with E-state index in [1.807, 2.05) is 26.0 Å². The minimum absolute atomic E-state index is 0.0865. The number of carbonyl (C=O) groups excluding carboxylic acids is 1. The van der Waals surface area contributed by atoms with E-state index >= 15 is 0 Å². The summed E-state index contributed by atoms with van der Waals surface area (Å²) < 4.78 is 34.5. The molecule has 3 aromatic rings. The molecule has 0 spiro atoms. The minimum Gasteiger partial charge on any atom is -0.492 e. The molecule has 1 amide bonds. The van der Waals surface area contributed by atoms with Crippen molar-refractivity contribution in [1.29, 1.82) is 0 Å². The zero-order chi connectivity index (χ0) is 26.3. The predicted octanol–water partition coefficient (Wildman–Crippen LogP) is 6.17. The lowest BCUT2D eigenvalue weighted by molar-refractivity contribution is 0.0977. The number of hydrogen-bond acceptors (Lipinski definition) is 5. The fourth-order valence-corrected chi connectivity index (χ4v) is 5.11. The van der Waals surface area contributed by atoms with Gasteiger partial charge in [-0.05, 0) is 103 Å². The Morgan fingerprint density at radius 3 is 2.39 bits per heavy atom. The molecule has 7 nitrogen and oxygen atoms in total. The molecule has 3 aromatic carbocycles. The molecule has 0 unspecified atom stereocenters. The SMILES string of the molecule is CCCCOc1ccc(C(=O)NC(=S)Nc2ccc(S(=O)(=O)Nc3ccc(C)cc3C)cc2)cc1Br. The maximum Gasteiger partial charge on any atom is 0.261 e. The number of anilines is 2. The van der Waals surface area contributed by atoms with Crippen LogP contribution in [0.1, 0.15) is 41.3 Å². The number of aryl methyl sites for hydroxylation is 2. The Kier molecular flexibility index (Phi) is 9.47. The van der Waals surface area contributed by atoms with Crippen LogP contribution in [0.3, 0.4) is 0 Å². The Morgan fingerprint density at radius 1 is 1.03 bits per heavy atom. The molecule has 10 heteroatoms. The van der Waals surface area contributed by atoms with Gasteiger partial charge in [-0.2, -0.15) is 0 Å². The first-order valence-electron chi connectivity index (χ1n) is 11.3. The van der Waals surface area contributed by atoms with E-state index < -0.39 is 10.0 Å². The normalized spacial score (nSPS) is 11.0. The lowest BCUT2D eigenvalue weighted by Crippen LogP contribution is -2.34. The van der Waals surface area contributed by atoms with E-state index in [4.69, 9.17) is 17.0 Å². The molecule has 190 valence electrons. The Labute approximate surface area is 225 Å². The van der Waals surface area contributed by atoms with E-state index in [1.165, 1.54) is 12.1 Å². The van der Waals surface area contributed by atoms with Gasteiger partial charge in [-0.15, -0.1) is 0 Å². The van der Waals surface area contributed by atoms with Crippen molar-refractivity contribution in [2.45, 2.75) is 38.5 Å². The molecule has 0 aliphatic rings. The summed E-state index contributed by atoms with van der Waals surface area (Å²) in [6.07, 6.45) is 1.98. The van der Waals surface area contributed by atoms with Gasteiger partial charge in [0, 0.05) is 11.3 Å². The van der Waals surface area contributed by atoms with Crippen LogP contribution in [-0.2, 0) is 10.0 Å². The maximum atomic E-state index is 12.8. The van der Waals surface area contributed by atoms with E-state index in [9.17, 15) is 13.2 Å². The summed E-state index contributed by atoms with van der Waals surface area (Å²) in [5.41, 5.74) is 3.36. The summed E-state index contributed by atoms with van der Waals surface area (Å²) in [5.74, 6) is 0.285. The van der Waals surface area contributed by atoms with Gasteiger partial charge in [0.1, 0.15) is 5.75 Å². The molecule has 0 aliphatic heterocycles. The van der Waals surface area contributed by atoms with Gasteiger partial charge in [0.05, 0.1) is 21.7 Å². The monoisotopic (exact) mass is 589 g/mol. The van der Waals surface area contributed by atoms with Crippen LogP contribution < -0.4 is 20.1 Å². The number of thiocarbonyl (C=S) groups is 1. The summed E-state index contributed by atoms with van der Waals surface area (Å²) >= 11 is 8.68. The highest BCUT2D eigenvalue weighted by atomic mass is 79.9. The van der Waals surface area contributed by atoms with E-state index in [-0.39, 0.29) is 15.9 Å². The van der Waals surface area contributed by atoms with Crippen molar-refractivity contribution in [1.82, 2.24) is 5.32 Å². The number of carbonyl (C=O) groups is 1. The number of nitrogens with one attached hydrogen (secondary N) is 3. The Bertz CT molecular complexity index is 1360. The number of rotatable bonds is 9. The van der Waals surface area contributed by atoms with Gasteiger partial charge < -0.3 is 10.1 Å². The highest BCUT2D eigenvalue weighted by molar-refractivity contribution is 9.10. The van der Waals surface area contributed by atoms with Gasteiger partial charge in [-0.3, -0.25) is 14.8 Å². The molecule has 0 aromatic heterocycles. The number of benzene rings is 3. The van der Waals surface area contributed by atoms with Gasteiger partial charge in [0.15, 0.2) is 5.11 Å². The van der Waals surface area contributed by atoms with Gasteiger partial charge in [0.25, 0.3) is 15.9 Å². The van der Waals surface area contributed by atoms with Crippen LogP contribution in [0.4, 0.5) is 11.4 Å². The van der Waals surface area contributed by atoms with Crippen LogP contribution in [0.5, 0.6) is 5.75 Å². The van der Waals surface area contributed by atoms with E-state index in [0.29, 0.717) is 33.8 Å². The van der Waals surface area contributed by atoms with Crippen molar-refractivity contribution in [2.75, 3.05) is 16.6 Å². The number of sulfonamides is 1. The predicted molar refractivity (Wildman–Crippen MR) is 151 cm³/mol. The van der Waals surface area contributed by atoms with Crippen LogP contribution in [0.15, 0.2) is 70.0 Å². The van der Waals surface area contributed by atoms with Gasteiger partial charge in [-0.25, -0.2) is 8.42 Å². The lowest BCUT2D eigenvalue weighted by Gasteiger charge is -2.13. The first-order chi connectivity index (χ1) is 17.1. The van der Waals surface area contributed by atoms with E-state index in [0.717, 1.165) is 24.0 Å². The Morgan fingerprint density at radius 2 is 1.75 bits per heavy atom. The van der Waals surface area contributed by atoms with Crippen molar-refractivity contribution >= 4 is 60.6 Å². The third-order valence-corrected chi connectivity index (χ3v) is 7.43. The second-order valence-corrected chi connectivity index (χ2v) is 11.1. The van der Waals surface area contributed by atoms with Crippen molar-refractivity contribution in [3.63, 3.8) is 0 Å². The molecule has 0 fully saturated rings. The average Bonchev–Trinajstić information content (AvgIpc) is 2.82. The van der Waals surface area contributed by atoms with Crippen molar-refractivity contribution in [2.24, 2.45) is 0 Å². The van der Waals surface area contributed by atoms with Gasteiger partial charge in [-0.1, -0.05) is 31.0 Å². The molecular formula is C26H28BrN3O4S2. The topological polar surface area (TPSA) is 96.5 Å². The summed E-state index contributed by atoms with van der Waals surface area (Å²) in [4.78, 5) is 12.7. The third kappa shape index (κ3) is 7.52. The number of ether oxygens (including phenoxy) is 1. The van der Waals surface area contributed by atoms with Crippen molar-refractivity contribution in [3.05, 3.63) is 81.8 Å². The first-order valence-corrected chi connectivity index (χ1v) is 14.0. The van der Waals surface area contributed by atoms with Crippen LogP contribution in [-0.4, -0.2) is 26.0 Å². The first kappa shape index (κ1) is 27.6. The molecule has 0 radical (unpaired) electrons. The molecule has 3 rings (SSSR count). The summed E-state index contributed by atoms with van der Waals surface area (Å²) in [6, 6.07) is 16.6. The molecule has 0 atom stereocenters. The van der Waals surface area contributed by atoms with Crippen LogP contribution in [0.25, 0.3) is 0 Å². The molecule has 0 bridgehead atoms. The molecule has 0 saturated heterocycles. The van der Waals surface area contributed by atoms with E-state index in [1.54, 1.807) is 36.4 Å². The number of hydrogen-bond donors (Lipinski definition) is 3. The highest BCUT2D eigenvalue weighted by Crippen LogP contribution is 2.26. The van der Waals surface area contributed by atoms with Crippen LogP contribution in [0, 0.1) is 13.8 Å². The average molecular weight is 591 g/mol. The lowest BCUT2D eigenvalue weighted by atomic mass is 10.1. The molecule has 0 heterocycles. The molecule has 36 heavy (non-hydrogen) atoms. The fourth-order valence-electron chi connectivity index (χ4n) is 3.27.